The third-order valence-corrected chi connectivity index (χ3v) is 5.34. The fourth-order valence-electron chi connectivity index (χ4n) is 2.97. The maximum Gasteiger partial charge on any atom is 0.243 e. The Morgan fingerprint density at radius 1 is 1.09 bits per heavy atom. The number of benzene rings is 2. The first-order valence-electron chi connectivity index (χ1n) is 7.46. The minimum Gasteiger partial charge on any atom is -0.273 e. The summed E-state index contributed by atoms with van der Waals surface area (Å²) < 4.78 is 0. The molecular formula is C18H16N2OS. The van der Waals surface area contributed by atoms with E-state index in [2.05, 4.69) is 18.2 Å². The van der Waals surface area contributed by atoms with Gasteiger partial charge in [0.05, 0.1) is 12.3 Å². The van der Waals surface area contributed by atoms with Crippen molar-refractivity contribution in [3.05, 3.63) is 65.7 Å². The summed E-state index contributed by atoms with van der Waals surface area (Å²) in [5, 5.41) is 6.34. The van der Waals surface area contributed by atoms with Gasteiger partial charge in [-0.1, -0.05) is 48.5 Å². The average molecular weight is 308 g/mol. The van der Waals surface area contributed by atoms with Crippen LogP contribution in [0, 0.1) is 5.92 Å². The molecular weight excluding hydrogens is 292 g/mol. The highest BCUT2D eigenvalue weighted by Crippen LogP contribution is 2.36. The fraction of sp³-hybridized carbons (Fsp3) is 0.222. The number of hydrogen-bond acceptors (Lipinski definition) is 3. The molecule has 0 spiro atoms. The number of nitrogens with zero attached hydrogens (tertiary/aromatic N) is 2. The van der Waals surface area contributed by atoms with Crippen molar-refractivity contribution in [1.29, 1.82) is 0 Å². The smallest absolute Gasteiger partial charge is 0.243 e. The number of carbonyl (C=O) groups is 1. The van der Waals surface area contributed by atoms with Crippen LogP contribution in [0.25, 0.3) is 0 Å². The Labute approximate surface area is 134 Å². The summed E-state index contributed by atoms with van der Waals surface area (Å²) in [5.74, 6) is 1.32. The van der Waals surface area contributed by atoms with Gasteiger partial charge in [-0.15, -0.1) is 11.8 Å². The monoisotopic (exact) mass is 308 g/mol. The van der Waals surface area contributed by atoms with Crippen molar-refractivity contribution in [2.45, 2.75) is 17.9 Å². The van der Waals surface area contributed by atoms with Gasteiger partial charge in [0.2, 0.25) is 5.91 Å². The standard InChI is InChI=1S/C18H16N2OS/c21-17-10-14-12-22-16-9-5-4-8-15(16)18(14)19-20(17)11-13-6-2-1-3-7-13/h1-9,14H,10-12H2. The van der Waals surface area contributed by atoms with Crippen molar-refractivity contribution in [3.63, 3.8) is 0 Å². The largest absolute Gasteiger partial charge is 0.273 e. The third kappa shape index (κ3) is 2.44. The van der Waals surface area contributed by atoms with Crippen molar-refractivity contribution in [3.8, 4) is 0 Å². The van der Waals surface area contributed by atoms with Gasteiger partial charge < -0.3 is 0 Å². The van der Waals surface area contributed by atoms with Crippen molar-refractivity contribution in [1.82, 2.24) is 5.01 Å². The molecule has 0 N–H and O–H groups in total. The zero-order valence-electron chi connectivity index (χ0n) is 12.1. The number of rotatable bonds is 2. The SMILES string of the molecule is O=C1CC2CSc3ccccc3C2=NN1Cc1ccccc1. The number of amides is 1. The van der Waals surface area contributed by atoms with Crippen LogP contribution in [-0.2, 0) is 11.3 Å². The van der Waals surface area contributed by atoms with Gasteiger partial charge >= 0.3 is 0 Å². The van der Waals surface area contributed by atoms with E-state index in [4.69, 9.17) is 5.10 Å². The molecule has 1 amide bonds. The molecule has 0 radical (unpaired) electrons. The molecule has 1 unspecified atom stereocenters. The zero-order valence-corrected chi connectivity index (χ0v) is 12.9. The lowest BCUT2D eigenvalue weighted by atomic mass is 9.93. The van der Waals surface area contributed by atoms with Crippen molar-refractivity contribution < 1.29 is 4.79 Å². The second kappa shape index (κ2) is 5.61. The lowest BCUT2D eigenvalue weighted by molar-refractivity contribution is -0.133. The van der Waals surface area contributed by atoms with Gasteiger partial charge in [0.15, 0.2) is 0 Å². The van der Waals surface area contributed by atoms with Gasteiger partial charge in [0, 0.05) is 28.6 Å². The fourth-order valence-corrected chi connectivity index (χ4v) is 4.13. The maximum absolute atomic E-state index is 12.4. The normalized spacial score (nSPS) is 20.2. The Bertz CT molecular complexity index is 742. The molecule has 0 aliphatic carbocycles. The van der Waals surface area contributed by atoms with Crippen LogP contribution in [0.3, 0.4) is 0 Å². The molecule has 4 rings (SSSR count). The van der Waals surface area contributed by atoms with Crippen molar-refractivity contribution >= 4 is 23.4 Å². The number of hydrazone groups is 1. The Kier molecular flexibility index (Phi) is 3.47. The first-order chi connectivity index (χ1) is 10.8. The van der Waals surface area contributed by atoms with Crippen LogP contribution < -0.4 is 0 Å². The quantitative estimate of drug-likeness (QED) is 0.850. The summed E-state index contributed by atoms with van der Waals surface area (Å²) in [6.45, 7) is 0.547. The molecule has 2 heterocycles. The molecule has 0 bridgehead atoms. The van der Waals surface area contributed by atoms with Crippen LogP contribution in [0.15, 0.2) is 64.6 Å². The molecule has 1 atom stereocenters. The van der Waals surface area contributed by atoms with E-state index in [1.807, 2.05) is 48.2 Å². The molecule has 3 nitrogen and oxygen atoms in total. The van der Waals surface area contributed by atoms with E-state index in [0.717, 1.165) is 17.0 Å². The highest BCUT2D eigenvalue weighted by molar-refractivity contribution is 7.99. The Balaban J connectivity index is 1.69. The van der Waals surface area contributed by atoms with E-state index in [-0.39, 0.29) is 11.8 Å². The molecule has 2 aliphatic heterocycles. The number of thioether (sulfide) groups is 1. The Hall–Kier alpha value is -2.07. The van der Waals surface area contributed by atoms with Gasteiger partial charge in [-0.25, -0.2) is 5.01 Å². The molecule has 2 aliphatic rings. The molecule has 2 aromatic rings. The van der Waals surface area contributed by atoms with Crippen LogP contribution >= 0.6 is 11.8 Å². The highest BCUT2D eigenvalue weighted by atomic mass is 32.2. The first-order valence-corrected chi connectivity index (χ1v) is 8.45. The van der Waals surface area contributed by atoms with Crippen molar-refractivity contribution in [2.24, 2.45) is 11.0 Å². The van der Waals surface area contributed by atoms with E-state index in [1.54, 1.807) is 5.01 Å². The Morgan fingerprint density at radius 3 is 2.73 bits per heavy atom. The summed E-state index contributed by atoms with van der Waals surface area (Å²) in [6, 6.07) is 18.4. The number of fused-ring (bicyclic) bond motifs is 3. The molecule has 0 fully saturated rings. The number of carbonyl (C=O) groups excluding carboxylic acids is 1. The predicted molar refractivity (Wildman–Crippen MR) is 88.8 cm³/mol. The van der Waals surface area contributed by atoms with Gasteiger partial charge in [0.1, 0.15) is 0 Å². The van der Waals surface area contributed by atoms with Gasteiger partial charge in [-0.05, 0) is 11.6 Å². The van der Waals surface area contributed by atoms with E-state index in [9.17, 15) is 4.79 Å². The van der Waals surface area contributed by atoms with Crippen LogP contribution in [0.2, 0.25) is 0 Å². The summed E-state index contributed by atoms with van der Waals surface area (Å²) in [5.41, 5.74) is 3.37. The first kappa shape index (κ1) is 13.6. The minimum atomic E-state index is 0.123. The molecule has 0 saturated heterocycles. The molecule has 110 valence electrons. The zero-order chi connectivity index (χ0) is 14.9. The average Bonchev–Trinajstić information content (AvgIpc) is 2.56. The lowest BCUT2D eigenvalue weighted by Gasteiger charge is -2.33. The third-order valence-electron chi connectivity index (χ3n) is 4.10. The van der Waals surface area contributed by atoms with Gasteiger partial charge in [0.25, 0.3) is 0 Å². The van der Waals surface area contributed by atoms with E-state index in [1.165, 1.54) is 10.5 Å². The Morgan fingerprint density at radius 2 is 1.86 bits per heavy atom. The summed E-state index contributed by atoms with van der Waals surface area (Å²) in [4.78, 5) is 13.6. The maximum atomic E-state index is 12.4. The van der Waals surface area contributed by atoms with Gasteiger partial charge in [-0.2, -0.15) is 5.10 Å². The highest BCUT2D eigenvalue weighted by Gasteiger charge is 2.34. The predicted octanol–water partition coefficient (Wildman–Crippen LogP) is 3.55. The molecule has 2 aromatic carbocycles. The van der Waals surface area contributed by atoms with Crippen LogP contribution in [0.4, 0.5) is 0 Å². The number of hydrogen-bond donors (Lipinski definition) is 0. The van der Waals surface area contributed by atoms with Crippen LogP contribution in [-0.4, -0.2) is 22.4 Å². The topological polar surface area (TPSA) is 32.7 Å². The second-order valence-corrected chi connectivity index (χ2v) is 6.69. The van der Waals surface area contributed by atoms with E-state index < -0.39 is 0 Å². The lowest BCUT2D eigenvalue weighted by Crippen LogP contribution is -2.39. The second-order valence-electron chi connectivity index (χ2n) is 5.63. The van der Waals surface area contributed by atoms with Crippen LogP contribution in [0.1, 0.15) is 17.5 Å². The summed E-state index contributed by atoms with van der Waals surface area (Å²) >= 11 is 1.83. The molecule has 0 saturated carbocycles. The summed E-state index contributed by atoms with van der Waals surface area (Å²) in [6.07, 6.45) is 0.563. The van der Waals surface area contributed by atoms with Crippen molar-refractivity contribution in [2.75, 3.05) is 5.75 Å². The van der Waals surface area contributed by atoms with Gasteiger partial charge in [-0.3, -0.25) is 4.79 Å². The van der Waals surface area contributed by atoms with E-state index in [0.29, 0.717) is 13.0 Å². The van der Waals surface area contributed by atoms with E-state index >= 15 is 0 Å². The summed E-state index contributed by atoms with van der Waals surface area (Å²) in [7, 11) is 0. The van der Waals surface area contributed by atoms with Crippen LogP contribution in [0.5, 0.6) is 0 Å². The molecule has 22 heavy (non-hydrogen) atoms. The minimum absolute atomic E-state index is 0.123. The molecule has 0 aromatic heterocycles. The molecule has 4 heteroatoms.